The van der Waals surface area contributed by atoms with Crippen LogP contribution in [0.15, 0.2) is 53.8 Å². The SMILES string of the molecule is Clc1ccc(Cn2cc(C=NNc3nn[nH]n3)c3ccccc32)cc1Cl. The smallest absolute Gasteiger partial charge is 0.283 e. The molecule has 2 heterocycles. The number of H-pyrrole nitrogens is 1. The minimum atomic E-state index is 0.306. The summed E-state index contributed by atoms with van der Waals surface area (Å²) in [5, 5.41) is 19.7. The fourth-order valence-corrected chi connectivity index (χ4v) is 3.03. The van der Waals surface area contributed by atoms with Crippen molar-refractivity contribution in [2.45, 2.75) is 6.54 Å². The maximum atomic E-state index is 6.13. The van der Waals surface area contributed by atoms with Crippen LogP contribution in [0.5, 0.6) is 0 Å². The van der Waals surface area contributed by atoms with Crippen LogP contribution in [-0.2, 0) is 6.54 Å². The van der Waals surface area contributed by atoms with E-state index in [1.54, 1.807) is 6.21 Å². The van der Waals surface area contributed by atoms with Crippen LogP contribution >= 0.6 is 23.2 Å². The number of fused-ring (bicyclic) bond motifs is 1. The first-order valence-electron chi connectivity index (χ1n) is 7.75. The third-order valence-corrected chi connectivity index (χ3v) is 4.61. The van der Waals surface area contributed by atoms with E-state index >= 15 is 0 Å². The average molecular weight is 386 g/mol. The topological polar surface area (TPSA) is 83.8 Å². The predicted octanol–water partition coefficient (Wildman–Crippen LogP) is 3.96. The second kappa shape index (κ2) is 7.15. The molecular weight excluding hydrogens is 373 g/mol. The molecular formula is C17H13Cl2N7. The molecule has 0 amide bonds. The molecule has 0 unspecified atom stereocenters. The molecule has 0 aliphatic heterocycles. The van der Waals surface area contributed by atoms with Crippen LogP contribution in [0.3, 0.4) is 0 Å². The van der Waals surface area contributed by atoms with E-state index in [0.717, 1.165) is 22.0 Å². The van der Waals surface area contributed by atoms with E-state index in [4.69, 9.17) is 23.2 Å². The summed E-state index contributed by atoms with van der Waals surface area (Å²) in [5.74, 6) is 0.306. The van der Waals surface area contributed by atoms with Crippen LogP contribution in [0.25, 0.3) is 10.9 Å². The Kier molecular flexibility index (Phi) is 4.55. The van der Waals surface area contributed by atoms with E-state index in [0.29, 0.717) is 22.5 Å². The molecule has 26 heavy (non-hydrogen) atoms. The van der Waals surface area contributed by atoms with Crippen molar-refractivity contribution in [3.63, 3.8) is 0 Å². The maximum Gasteiger partial charge on any atom is 0.283 e. The normalized spacial score (nSPS) is 11.5. The highest BCUT2D eigenvalue weighted by Crippen LogP contribution is 2.25. The van der Waals surface area contributed by atoms with Crippen LogP contribution in [0.4, 0.5) is 5.95 Å². The molecule has 9 heteroatoms. The standard InChI is InChI=1S/C17H13Cl2N7/c18-14-6-5-11(7-15(14)19)9-26-10-12(13-3-1-2-4-16(13)26)8-20-21-17-22-24-25-23-17/h1-8,10H,9H2,(H2,21,22,23,24,25). The lowest BCUT2D eigenvalue weighted by molar-refractivity contribution is 0.836. The van der Waals surface area contributed by atoms with E-state index < -0.39 is 0 Å². The highest BCUT2D eigenvalue weighted by Gasteiger charge is 2.08. The Morgan fingerprint density at radius 2 is 2.04 bits per heavy atom. The minimum Gasteiger partial charge on any atom is -0.342 e. The molecule has 4 rings (SSSR count). The molecule has 0 fully saturated rings. The Labute approximate surface area is 158 Å². The molecule has 0 atom stereocenters. The highest BCUT2D eigenvalue weighted by atomic mass is 35.5. The lowest BCUT2D eigenvalue weighted by Crippen LogP contribution is -1.98. The molecule has 0 saturated heterocycles. The first-order chi connectivity index (χ1) is 12.7. The van der Waals surface area contributed by atoms with Gasteiger partial charge in [-0.1, -0.05) is 52.6 Å². The molecule has 0 bridgehead atoms. The summed E-state index contributed by atoms with van der Waals surface area (Å²) >= 11 is 12.1. The van der Waals surface area contributed by atoms with Crippen LogP contribution in [-0.4, -0.2) is 31.4 Å². The van der Waals surface area contributed by atoms with Gasteiger partial charge in [0.05, 0.1) is 16.3 Å². The molecule has 0 spiro atoms. The van der Waals surface area contributed by atoms with Gasteiger partial charge >= 0.3 is 0 Å². The first-order valence-corrected chi connectivity index (χ1v) is 8.50. The maximum absolute atomic E-state index is 6.13. The summed E-state index contributed by atoms with van der Waals surface area (Å²) in [6, 6.07) is 13.8. The number of aromatic nitrogens is 5. The Bertz CT molecular complexity index is 1070. The lowest BCUT2D eigenvalue weighted by atomic mass is 10.2. The molecule has 7 nitrogen and oxygen atoms in total. The quantitative estimate of drug-likeness (QED) is 0.402. The number of aromatic amines is 1. The van der Waals surface area contributed by atoms with Crippen molar-refractivity contribution in [3.05, 3.63) is 69.8 Å². The fraction of sp³-hybridized carbons (Fsp3) is 0.0588. The Morgan fingerprint density at radius 1 is 1.15 bits per heavy atom. The largest absolute Gasteiger partial charge is 0.342 e. The number of hydrazone groups is 1. The molecule has 2 N–H and O–H groups in total. The molecule has 0 radical (unpaired) electrons. The van der Waals surface area contributed by atoms with Crippen molar-refractivity contribution >= 4 is 46.3 Å². The van der Waals surface area contributed by atoms with E-state index in [9.17, 15) is 0 Å². The number of nitrogens with zero attached hydrogens (tertiary/aromatic N) is 5. The Morgan fingerprint density at radius 3 is 2.85 bits per heavy atom. The van der Waals surface area contributed by atoms with Gasteiger partial charge < -0.3 is 4.57 Å². The van der Waals surface area contributed by atoms with Gasteiger partial charge in [0.2, 0.25) is 0 Å². The van der Waals surface area contributed by atoms with Gasteiger partial charge in [0.1, 0.15) is 0 Å². The molecule has 2 aromatic heterocycles. The number of hydrogen-bond acceptors (Lipinski definition) is 5. The van der Waals surface area contributed by atoms with Crippen LogP contribution in [0.2, 0.25) is 10.0 Å². The Hall–Kier alpha value is -2.90. The zero-order valence-electron chi connectivity index (χ0n) is 13.4. The monoisotopic (exact) mass is 385 g/mol. The fourth-order valence-electron chi connectivity index (χ4n) is 2.71. The molecule has 130 valence electrons. The molecule has 4 aromatic rings. The van der Waals surface area contributed by atoms with Crippen molar-refractivity contribution in [1.82, 2.24) is 25.2 Å². The number of anilines is 1. The molecule has 2 aromatic carbocycles. The second-order valence-electron chi connectivity index (χ2n) is 5.58. The van der Waals surface area contributed by atoms with Gasteiger partial charge in [0.15, 0.2) is 0 Å². The van der Waals surface area contributed by atoms with Gasteiger partial charge in [-0.25, -0.2) is 5.43 Å². The third-order valence-electron chi connectivity index (χ3n) is 3.87. The molecule has 0 saturated carbocycles. The number of rotatable bonds is 5. The number of halogens is 2. The van der Waals surface area contributed by atoms with Crippen molar-refractivity contribution in [3.8, 4) is 0 Å². The van der Waals surface area contributed by atoms with Gasteiger partial charge in [-0.15, -0.1) is 5.10 Å². The van der Waals surface area contributed by atoms with Crippen molar-refractivity contribution in [1.29, 1.82) is 0 Å². The molecule has 0 aliphatic carbocycles. The van der Waals surface area contributed by atoms with Gasteiger partial charge in [-0.3, -0.25) is 0 Å². The van der Waals surface area contributed by atoms with Crippen molar-refractivity contribution in [2.24, 2.45) is 5.10 Å². The summed E-state index contributed by atoms with van der Waals surface area (Å²) < 4.78 is 2.14. The summed E-state index contributed by atoms with van der Waals surface area (Å²) in [6.07, 6.45) is 3.76. The third kappa shape index (κ3) is 3.40. The highest BCUT2D eigenvalue weighted by molar-refractivity contribution is 6.42. The summed E-state index contributed by atoms with van der Waals surface area (Å²) in [5.41, 5.74) is 5.85. The zero-order valence-corrected chi connectivity index (χ0v) is 14.9. The Balaban J connectivity index is 1.65. The summed E-state index contributed by atoms with van der Waals surface area (Å²) in [4.78, 5) is 0. The van der Waals surface area contributed by atoms with Crippen molar-refractivity contribution in [2.75, 3.05) is 5.43 Å². The van der Waals surface area contributed by atoms with Crippen LogP contribution < -0.4 is 5.43 Å². The van der Waals surface area contributed by atoms with Crippen molar-refractivity contribution < 1.29 is 0 Å². The average Bonchev–Trinajstić information content (AvgIpc) is 3.27. The number of nitrogens with one attached hydrogen (secondary N) is 2. The van der Waals surface area contributed by atoms with Gasteiger partial charge in [0, 0.05) is 29.2 Å². The number of benzene rings is 2. The van der Waals surface area contributed by atoms with E-state index in [1.807, 2.05) is 36.5 Å². The van der Waals surface area contributed by atoms with E-state index in [2.05, 4.69) is 47.9 Å². The van der Waals surface area contributed by atoms with Crippen LogP contribution in [0.1, 0.15) is 11.1 Å². The second-order valence-corrected chi connectivity index (χ2v) is 6.40. The molecule has 0 aliphatic rings. The number of tetrazole rings is 1. The first kappa shape index (κ1) is 16.6. The van der Waals surface area contributed by atoms with Gasteiger partial charge in [0.25, 0.3) is 5.95 Å². The number of para-hydroxylation sites is 1. The summed E-state index contributed by atoms with van der Waals surface area (Å²) in [7, 11) is 0. The minimum absolute atomic E-state index is 0.306. The summed E-state index contributed by atoms with van der Waals surface area (Å²) in [6.45, 7) is 0.670. The van der Waals surface area contributed by atoms with Gasteiger partial charge in [-0.2, -0.15) is 10.3 Å². The lowest BCUT2D eigenvalue weighted by Gasteiger charge is -2.06. The zero-order chi connectivity index (χ0) is 17.9. The van der Waals surface area contributed by atoms with Gasteiger partial charge in [-0.05, 0) is 29.0 Å². The van der Waals surface area contributed by atoms with E-state index in [-0.39, 0.29) is 0 Å². The van der Waals surface area contributed by atoms with Crippen LogP contribution in [0, 0.1) is 0 Å². The van der Waals surface area contributed by atoms with E-state index in [1.165, 1.54) is 0 Å². The predicted molar refractivity (Wildman–Crippen MR) is 103 cm³/mol. The number of hydrogen-bond donors (Lipinski definition) is 2.